The second-order valence-electron chi connectivity index (χ2n) is 10.3. The number of hydrogen-bond acceptors (Lipinski definition) is 9. The molecule has 2 aromatic heterocycles. The number of nitrogens with zero attached hydrogens (tertiary/aromatic N) is 5. The highest BCUT2D eigenvalue weighted by atomic mass is 32.2. The number of aromatic nitrogens is 3. The van der Waals surface area contributed by atoms with Crippen LogP contribution in [-0.4, -0.2) is 78.2 Å². The van der Waals surface area contributed by atoms with E-state index in [2.05, 4.69) is 15.3 Å². The fourth-order valence-corrected chi connectivity index (χ4v) is 7.49. The molecule has 0 saturated carbocycles. The van der Waals surface area contributed by atoms with Gasteiger partial charge >= 0.3 is 0 Å². The normalized spacial score (nSPS) is 23.3. The van der Waals surface area contributed by atoms with Gasteiger partial charge in [-0.1, -0.05) is 10.3 Å². The van der Waals surface area contributed by atoms with Gasteiger partial charge in [0.05, 0.1) is 0 Å². The lowest BCUT2D eigenvalue weighted by atomic mass is 9.91. The van der Waals surface area contributed by atoms with Crippen LogP contribution in [0.1, 0.15) is 67.6 Å². The molecule has 0 spiro atoms. The first-order valence-corrected chi connectivity index (χ1v) is 14.4. The molecule has 2 aromatic rings. The summed E-state index contributed by atoms with van der Waals surface area (Å²) in [7, 11) is -3.68. The maximum Gasteiger partial charge on any atom is 0.248 e. The van der Waals surface area contributed by atoms with E-state index in [1.165, 1.54) is 4.31 Å². The number of hydrogen-bond donors (Lipinski definition) is 0. The van der Waals surface area contributed by atoms with Gasteiger partial charge in [0.2, 0.25) is 21.8 Å². The fourth-order valence-electron chi connectivity index (χ4n) is 5.72. The Bertz CT molecular complexity index is 1140. The van der Waals surface area contributed by atoms with Crippen LogP contribution in [0, 0.1) is 25.7 Å². The summed E-state index contributed by atoms with van der Waals surface area (Å²) in [5, 5.41) is 7.99. The van der Waals surface area contributed by atoms with Crippen molar-refractivity contribution in [3.63, 3.8) is 0 Å². The van der Waals surface area contributed by atoms with E-state index >= 15 is 0 Å². The zero-order chi connectivity index (χ0) is 25.3. The van der Waals surface area contributed by atoms with E-state index in [-0.39, 0.29) is 22.6 Å². The zero-order valence-corrected chi connectivity index (χ0v) is 21.8. The first-order valence-electron chi connectivity index (χ1n) is 12.9. The number of sulfonamides is 1. The maximum atomic E-state index is 13.3. The van der Waals surface area contributed by atoms with Crippen LogP contribution < -0.4 is 0 Å². The van der Waals surface area contributed by atoms with Crippen LogP contribution >= 0.6 is 0 Å². The van der Waals surface area contributed by atoms with Gasteiger partial charge in [-0.3, -0.25) is 4.79 Å². The molecule has 0 aliphatic carbocycles. The molecule has 0 bridgehead atoms. The van der Waals surface area contributed by atoms with Gasteiger partial charge in [0.25, 0.3) is 0 Å². The number of likely N-dealkylation sites (tertiary alicyclic amines) is 1. The van der Waals surface area contributed by atoms with Gasteiger partial charge in [0.15, 0.2) is 11.6 Å². The minimum Gasteiger partial charge on any atom is -0.381 e. The number of piperidine rings is 2. The molecule has 0 N–H and O–H groups in total. The molecular weight excluding hydrogens is 486 g/mol. The maximum absolute atomic E-state index is 13.3. The van der Waals surface area contributed by atoms with E-state index in [0.29, 0.717) is 62.2 Å². The minimum atomic E-state index is -3.68. The van der Waals surface area contributed by atoms with Crippen LogP contribution in [0.3, 0.4) is 0 Å². The topological polar surface area (TPSA) is 132 Å². The van der Waals surface area contributed by atoms with Crippen LogP contribution in [0.25, 0.3) is 0 Å². The van der Waals surface area contributed by atoms with Crippen LogP contribution in [0.15, 0.2) is 13.9 Å². The lowest BCUT2D eigenvalue weighted by Gasteiger charge is -2.37. The summed E-state index contributed by atoms with van der Waals surface area (Å²) in [6.45, 7) is 6.75. The molecule has 1 atom stereocenters. The summed E-state index contributed by atoms with van der Waals surface area (Å²) in [5.74, 6) is 2.26. The number of carbonyl (C=O) groups is 1. The highest BCUT2D eigenvalue weighted by molar-refractivity contribution is 7.89. The second-order valence-corrected chi connectivity index (χ2v) is 12.1. The third kappa shape index (κ3) is 5.21. The minimum absolute atomic E-state index is 0.127. The number of rotatable bonds is 6. The molecule has 36 heavy (non-hydrogen) atoms. The summed E-state index contributed by atoms with van der Waals surface area (Å²) < 4.78 is 43.7. The van der Waals surface area contributed by atoms with Gasteiger partial charge in [0.1, 0.15) is 10.6 Å². The Labute approximate surface area is 211 Å². The van der Waals surface area contributed by atoms with Crippen molar-refractivity contribution in [2.75, 3.05) is 39.4 Å². The van der Waals surface area contributed by atoms with Crippen LogP contribution in [0.5, 0.6) is 0 Å². The molecule has 3 aliphatic heterocycles. The average Bonchev–Trinajstić information content (AvgIpc) is 3.50. The summed E-state index contributed by atoms with van der Waals surface area (Å²) in [6.07, 6.45) is 5.51. The van der Waals surface area contributed by atoms with Crippen molar-refractivity contribution >= 4 is 15.9 Å². The first-order chi connectivity index (χ1) is 17.3. The molecule has 0 radical (unpaired) electrons. The molecule has 198 valence electrons. The van der Waals surface area contributed by atoms with E-state index in [4.69, 9.17) is 13.8 Å². The first kappa shape index (κ1) is 25.3. The number of carbonyl (C=O) groups excluding carboxylic acids is 1. The Morgan fingerprint density at radius 3 is 2.44 bits per heavy atom. The summed E-state index contributed by atoms with van der Waals surface area (Å²) in [5.41, 5.74) is 0.367. The van der Waals surface area contributed by atoms with E-state index < -0.39 is 10.0 Å². The van der Waals surface area contributed by atoms with Crippen molar-refractivity contribution in [2.24, 2.45) is 11.8 Å². The van der Waals surface area contributed by atoms with Crippen molar-refractivity contribution in [1.82, 2.24) is 24.5 Å². The van der Waals surface area contributed by atoms with Gasteiger partial charge in [-0.05, 0) is 58.3 Å². The Balaban J connectivity index is 1.15. The molecule has 12 heteroatoms. The molecule has 3 fully saturated rings. The van der Waals surface area contributed by atoms with Crippen LogP contribution in [-0.2, 0) is 26.0 Å². The Hall–Kier alpha value is -2.31. The molecule has 3 aliphatic rings. The van der Waals surface area contributed by atoms with Crippen LogP contribution in [0.2, 0.25) is 0 Å². The van der Waals surface area contributed by atoms with Crippen molar-refractivity contribution in [2.45, 2.75) is 69.6 Å². The fraction of sp³-hybridized carbons (Fsp3) is 0.750. The zero-order valence-electron chi connectivity index (χ0n) is 21.0. The molecule has 1 unspecified atom stereocenters. The predicted molar refractivity (Wildman–Crippen MR) is 128 cm³/mol. The average molecular weight is 522 g/mol. The molecular formula is C24H35N5O6S. The monoisotopic (exact) mass is 521 g/mol. The molecule has 0 aromatic carbocycles. The van der Waals surface area contributed by atoms with E-state index in [1.807, 2.05) is 4.90 Å². The quantitative estimate of drug-likeness (QED) is 0.562. The van der Waals surface area contributed by atoms with E-state index in [9.17, 15) is 13.2 Å². The van der Waals surface area contributed by atoms with Gasteiger partial charge in [0, 0.05) is 57.6 Å². The summed E-state index contributed by atoms with van der Waals surface area (Å²) in [4.78, 5) is 20.1. The third-order valence-corrected chi connectivity index (χ3v) is 9.88. The smallest absolute Gasteiger partial charge is 0.248 e. The second kappa shape index (κ2) is 10.6. The Morgan fingerprint density at radius 2 is 1.75 bits per heavy atom. The van der Waals surface area contributed by atoms with Gasteiger partial charge in [-0.2, -0.15) is 9.29 Å². The lowest BCUT2D eigenvalue weighted by Crippen LogP contribution is -2.47. The van der Waals surface area contributed by atoms with Gasteiger partial charge < -0.3 is 18.7 Å². The van der Waals surface area contributed by atoms with E-state index in [1.54, 1.807) is 13.8 Å². The lowest BCUT2D eigenvalue weighted by molar-refractivity contribution is -0.138. The highest BCUT2D eigenvalue weighted by Gasteiger charge is 2.37. The summed E-state index contributed by atoms with van der Waals surface area (Å²) >= 11 is 0. The molecule has 1 amide bonds. The Kier molecular flexibility index (Phi) is 7.45. The van der Waals surface area contributed by atoms with Crippen molar-refractivity contribution in [3.8, 4) is 0 Å². The highest BCUT2D eigenvalue weighted by Crippen LogP contribution is 2.30. The predicted octanol–water partition coefficient (Wildman–Crippen LogP) is 2.45. The Morgan fingerprint density at radius 1 is 1.00 bits per heavy atom. The van der Waals surface area contributed by atoms with Crippen LogP contribution in [0.4, 0.5) is 0 Å². The van der Waals surface area contributed by atoms with Crippen molar-refractivity contribution in [3.05, 3.63) is 23.2 Å². The van der Waals surface area contributed by atoms with Crippen molar-refractivity contribution in [1.29, 1.82) is 0 Å². The number of aryl methyl sites for hydroxylation is 2. The van der Waals surface area contributed by atoms with Gasteiger partial charge in [-0.25, -0.2) is 8.42 Å². The summed E-state index contributed by atoms with van der Waals surface area (Å²) in [6, 6.07) is 0. The molecule has 5 heterocycles. The SMILES string of the molecule is Cc1noc(C)c1S(=O)(=O)N1CCC(C(=O)N2CCCC(Cc3nc(C4CCOCC4)no3)C2)CC1. The standard InChI is InChI=1S/C24H35N5O6S/c1-16-22(17(2)34-26-16)36(31,32)29-10-5-20(6-11-29)24(30)28-9-3-4-18(15-28)14-21-25-23(27-35-21)19-7-12-33-13-8-19/h18-20H,3-15H2,1-2H3. The largest absolute Gasteiger partial charge is 0.381 e. The van der Waals surface area contributed by atoms with E-state index in [0.717, 1.165) is 51.3 Å². The van der Waals surface area contributed by atoms with Gasteiger partial charge in [-0.15, -0.1) is 0 Å². The van der Waals surface area contributed by atoms with Crippen molar-refractivity contribution < 1.29 is 27.0 Å². The molecule has 11 nitrogen and oxygen atoms in total. The third-order valence-electron chi connectivity index (χ3n) is 7.73. The molecule has 5 rings (SSSR count). The number of ether oxygens (including phenoxy) is 1. The number of amides is 1. The molecule has 3 saturated heterocycles.